The average molecular weight is 368 g/mol. The molecule has 0 spiro atoms. The van der Waals surface area contributed by atoms with Gasteiger partial charge in [0, 0.05) is 11.9 Å². The van der Waals surface area contributed by atoms with E-state index in [0.29, 0.717) is 22.4 Å². The van der Waals surface area contributed by atoms with E-state index in [4.69, 9.17) is 0 Å². The highest BCUT2D eigenvalue weighted by Crippen LogP contribution is 2.34. The van der Waals surface area contributed by atoms with Gasteiger partial charge in [0.05, 0.1) is 4.88 Å². The summed E-state index contributed by atoms with van der Waals surface area (Å²) < 4.78 is 38.0. The van der Waals surface area contributed by atoms with E-state index in [1.807, 2.05) is 7.05 Å². The fourth-order valence-corrected chi connectivity index (χ4v) is 3.12. The van der Waals surface area contributed by atoms with Gasteiger partial charge in [-0.05, 0) is 44.6 Å². The number of alkyl halides is 3. The second kappa shape index (κ2) is 7.94. The van der Waals surface area contributed by atoms with Gasteiger partial charge < -0.3 is 10.6 Å². The van der Waals surface area contributed by atoms with Gasteiger partial charge in [-0.2, -0.15) is 13.2 Å². The zero-order chi connectivity index (χ0) is 16.3. The molecule has 4 nitrogen and oxygen atoms in total. The van der Waals surface area contributed by atoms with Gasteiger partial charge in [-0.25, -0.2) is 4.98 Å². The van der Waals surface area contributed by atoms with Crippen LogP contribution in [0.3, 0.4) is 0 Å². The number of hydrogen-bond donors (Lipinski definition) is 2. The molecule has 0 unspecified atom stereocenters. The lowest BCUT2D eigenvalue weighted by Crippen LogP contribution is -2.26. The number of fused-ring (bicyclic) bond motifs is 1. The van der Waals surface area contributed by atoms with Crippen LogP contribution < -0.4 is 10.6 Å². The summed E-state index contributed by atoms with van der Waals surface area (Å²) in [5.41, 5.74) is -0.283. The minimum Gasteiger partial charge on any atom is -0.351 e. The summed E-state index contributed by atoms with van der Waals surface area (Å²) >= 11 is 0.987. The summed E-state index contributed by atoms with van der Waals surface area (Å²) in [4.78, 5) is 16.4. The van der Waals surface area contributed by atoms with Crippen molar-refractivity contribution in [2.75, 3.05) is 20.1 Å². The van der Waals surface area contributed by atoms with Crippen molar-refractivity contribution in [1.82, 2.24) is 15.6 Å². The third-order valence-corrected chi connectivity index (χ3v) is 4.39. The Bertz CT molecular complexity index is 688. The Hall–Kier alpha value is -1.38. The number of carbonyl (C=O) groups is 1. The molecule has 9 heteroatoms. The summed E-state index contributed by atoms with van der Waals surface area (Å²) in [7, 11) is 1.82. The number of nitrogens with zero attached hydrogens (tertiary/aromatic N) is 1. The number of pyridine rings is 1. The lowest BCUT2D eigenvalue weighted by atomic mass is 10.2. The predicted molar refractivity (Wildman–Crippen MR) is 87.5 cm³/mol. The molecule has 0 atom stereocenters. The molecule has 0 aliphatic carbocycles. The molecule has 0 radical (unpaired) electrons. The average Bonchev–Trinajstić information content (AvgIpc) is 2.79. The van der Waals surface area contributed by atoms with E-state index in [0.717, 1.165) is 30.4 Å². The molecule has 0 fully saturated rings. The van der Waals surface area contributed by atoms with Crippen LogP contribution in [0.5, 0.6) is 0 Å². The fraction of sp³-hybridized carbons (Fsp3) is 0.429. The summed E-state index contributed by atoms with van der Waals surface area (Å²) in [5, 5.41) is 6.31. The number of carbonyl (C=O) groups excluding carboxylic acids is 1. The van der Waals surface area contributed by atoms with Crippen molar-refractivity contribution >= 4 is 39.9 Å². The first kappa shape index (κ1) is 19.7. The quantitative estimate of drug-likeness (QED) is 0.796. The minimum atomic E-state index is -4.48. The second-order valence-corrected chi connectivity index (χ2v) is 5.82. The number of nitrogens with one attached hydrogen (secondary N) is 2. The number of amides is 1. The Kier molecular flexibility index (Phi) is 6.79. The molecule has 0 aliphatic rings. The molecule has 2 N–H and O–H groups in total. The molecule has 23 heavy (non-hydrogen) atoms. The van der Waals surface area contributed by atoms with Crippen LogP contribution in [0, 0.1) is 6.92 Å². The zero-order valence-corrected chi connectivity index (χ0v) is 14.2. The molecule has 2 rings (SSSR count). The predicted octanol–water partition coefficient (Wildman–Crippen LogP) is 3.38. The molecule has 2 aromatic heterocycles. The largest absolute Gasteiger partial charge is 0.433 e. The maximum absolute atomic E-state index is 12.7. The zero-order valence-electron chi connectivity index (χ0n) is 12.6. The van der Waals surface area contributed by atoms with E-state index in [1.165, 1.54) is 6.07 Å². The normalized spacial score (nSPS) is 11.3. The van der Waals surface area contributed by atoms with Crippen LogP contribution in [-0.2, 0) is 6.18 Å². The van der Waals surface area contributed by atoms with Crippen molar-refractivity contribution in [3.8, 4) is 0 Å². The number of thiophene rings is 1. The van der Waals surface area contributed by atoms with Crippen LogP contribution in [0.25, 0.3) is 10.2 Å². The highest BCUT2D eigenvalue weighted by Gasteiger charge is 2.33. The van der Waals surface area contributed by atoms with Gasteiger partial charge in [0.1, 0.15) is 10.5 Å². The van der Waals surface area contributed by atoms with E-state index >= 15 is 0 Å². The Morgan fingerprint density at radius 1 is 1.30 bits per heavy atom. The van der Waals surface area contributed by atoms with Crippen molar-refractivity contribution in [3.63, 3.8) is 0 Å². The topological polar surface area (TPSA) is 54.0 Å². The summed E-state index contributed by atoms with van der Waals surface area (Å²) in [6, 6.07) is 2.31. The van der Waals surface area contributed by atoms with Gasteiger partial charge >= 0.3 is 6.18 Å². The molecule has 0 aromatic carbocycles. The number of rotatable bonds is 5. The third-order valence-electron chi connectivity index (χ3n) is 3.19. The fourth-order valence-electron chi connectivity index (χ4n) is 2.02. The van der Waals surface area contributed by atoms with Crippen LogP contribution in [0.2, 0.25) is 0 Å². The number of aryl methyl sites for hydroxylation is 1. The van der Waals surface area contributed by atoms with Crippen molar-refractivity contribution in [1.29, 1.82) is 0 Å². The molecule has 0 saturated heterocycles. The van der Waals surface area contributed by atoms with E-state index in [1.54, 1.807) is 6.92 Å². The Morgan fingerprint density at radius 2 is 2.00 bits per heavy atom. The monoisotopic (exact) mass is 367 g/mol. The van der Waals surface area contributed by atoms with Crippen LogP contribution in [0.1, 0.15) is 27.3 Å². The summed E-state index contributed by atoms with van der Waals surface area (Å²) in [6.07, 6.45) is -3.70. The lowest BCUT2D eigenvalue weighted by Gasteiger charge is -2.04. The van der Waals surface area contributed by atoms with E-state index in [-0.39, 0.29) is 23.1 Å². The van der Waals surface area contributed by atoms with Gasteiger partial charge in [-0.1, -0.05) is 0 Å². The second-order valence-electron chi connectivity index (χ2n) is 4.82. The summed E-state index contributed by atoms with van der Waals surface area (Å²) in [5.74, 6) is -0.273. The highest BCUT2D eigenvalue weighted by molar-refractivity contribution is 7.20. The van der Waals surface area contributed by atoms with Gasteiger partial charge in [0.15, 0.2) is 0 Å². The molecule has 2 aromatic rings. The molecular weight excluding hydrogens is 351 g/mol. The van der Waals surface area contributed by atoms with Crippen molar-refractivity contribution in [3.05, 3.63) is 28.3 Å². The van der Waals surface area contributed by atoms with Crippen LogP contribution >= 0.6 is 23.7 Å². The van der Waals surface area contributed by atoms with Crippen LogP contribution in [0.15, 0.2) is 12.1 Å². The van der Waals surface area contributed by atoms with E-state index in [2.05, 4.69) is 15.6 Å². The van der Waals surface area contributed by atoms with E-state index < -0.39 is 11.9 Å². The molecular formula is C14H17ClF3N3OS. The number of aromatic nitrogens is 1. The van der Waals surface area contributed by atoms with Gasteiger partial charge in [-0.15, -0.1) is 23.7 Å². The lowest BCUT2D eigenvalue weighted by molar-refractivity contribution is -0.140. The number of hydrogen-bond acceptors (Lipinski definition) is 4. The molecule has 2 heterocycles. The Morgan fingerprint density at radius 3 is 2.61 bits per heavy atom. The van der Waals surface area contributed by atoms with Gasteiger partial charge in [0.25, 0.3) is 5.91 Å². The van der Waals surface area contributed by atoms with Crippen molar-refractivity contribution in [2.24, 2.45) is 0 Å². The van der Waals surface area contributed by atoms with Crippen LogP contribution in [-0.4, -0.2) is 31.0 Å². The molecule has 0 saturated carbocycles. The van der Waals surface area contributed by atoms with E-state index in [9.17, 15) is 18.0 Å². The molecule has 128 valence electrons. The Labute approximate surface area is 141 Å². The molecule has 0 aliphatic heterocycles. The minimum absolute atomic E-state index is 0. The SMILES string of the molecule is CNCCCNC(=O)c1sc2nc(C(F)(F)F)ccc2c1C.Cl. The van der Waals surface area contributed by atoms with Crippen molar-refractivity contribution < 1.29 is 18.0 Å². The highest BCUT2D eigenvalue weighted by atomic mass is 35.5. The smallest absolute Gasteiger partial charge is 0.351 e. The molecule has 0 bridgehead atoms. The number of halogens is 4. The standard InChI is InChI=1S/C14H16F3N3OS.ClH/c1-8-9-4-5-10(14(15,16)17)20-13(9)22-11(8)12(21)19-7-3-6-18-2;/h4-5,18H,3,6-7H2,1-2H3,(H,19,21);1H. The Balaban J connectivity index is 0.00000264. The van der Waals surface area contributed by atoms with Crippen molar-refractivity contribution in [2.45, 2.75) is 19.5 Å². The van der Waals surface area contributed by atoms with Crippen LogP contribution in [0.4, 0.5) is 13.2 Å². The first-order chi connectivity index (χ1) is 10.3. The third kappa shape index (κ3) is 4.55. The van der Waals surface area contributed by atoms with Gasteiger partial charge in [-0.3, -0.25) is 4.79 Å². The first-order valence-corrected chi connectivity index (χ1v) is 7.56. The van der Waals surface area contributed by atoms with Gasteiger partial charge in [0.2, 0.25) is 0 Å². The molecule has 1 amide bonds. The maximum atomic E-state index is 12.7. The summed E-state index contributed by atoms with van der Waals surface area (Å²) in [6.45, 7) is 3.01. The maximum Gasteiger partial charge on any atom is 0.433 e. The first-order valence-electron chi connectivity index (χ1n) is 6.74.